The average molecular weight is 551 g/mol. The van der Waals surface area contributed by atoms with Crippen LogP contribution >= 0.6 is 12.6 Å². The van der Waals surface area contributed by atoms with Gasteiger partial charge in [0.2, 0.25) is 17.7 Å². The molecule has 0 fully saturated rings. The van der Waals surface area contributed by atoms with Crippen molar-refractivity contribution in [2.75, 3.05) is 18.9 Å². The number of benzene rings is 1. The minimum Gasteiger partial charge on any atom is -0.480 e. The summed E-state index contributed by atoms with van der Waals surface area (Å²) >= 11 is 3.91. The largest absolute Gasteiger partial charge is 0.480 e. The Morgan fingerprint density at radius 2 is 1.63 bits per heavy atom. The van der Waals surface area contributed by atoms with E-state index in [1.165, 1.54) is 0 Å². The highest BCUT2D eigenvalue weighted by Crippen LogP contribution is 2.18. The molecule has 0 aliphatic rings. The Morgan fingerprint density at radius 3 is 2.26 bits per heavy atom. The van der Waals surface area contributed by atoms with Gasteiger partial charge >= 0.3 is 5.97 Å². The molecule has 4 unspecified atom stereocenters. The van der Waals surface area contributed by atoms with E-state index in [2.05, 4.69) is 38.6 Å². The molecule has 0 aliphatic carbocycles. The number of hydrogen-bond donors (Lipinski definition) is 10. The number of aliphatic carboxylic acids is 1. The third-order valence-corrected chi connectivity index (χ3v) is 6.01. The molecule has 14 nitrogen and oxygen atoms in total. The van der Waals surface area contributed by atoms with Crippen molar-refractivity contribution < 1.29 is 29.4 Å². The number of fused-ring (bicyclic) bond motifs is 1. The number of para-hydroxylation sites is 1. The third kappa shape index (κ3) is 8.93. The maximum Gasteiger partial charge on any atom is 0.327 e. The molecule has 0 spiro atoms. The van der Waals surface area contributed by atoms with E-state index in [9.17, 15) is 29.4 Å². The molecule has 0 saturated carbocycles. The summed E-state index contributed by atoms with van der Waals surface area (Å²) in [5.74, 6) is -3.96. The van der Waals surface area contributed by atoms with E-state index in [1.54, 1.807) is 6.20 Å². The number of aromatic amines is 1. The van der Waals surface area contributed by atoms with Gasteiger partial charge < -0.3 is 48.3 Å². The van der Waals surface area contributed by atoms with Crippen molar-refractivity contribution in [3.05, 3.63) is 36.0 Å². The Morgan fingerprint density at radius 1 is 1.00 bits per heavy atom. The van der Waals surface area contributed by atoms with E-state index in [0.717, 1.165) is 16.5 Å². The van der Waals surface area contributed by atoms with Gasteiger partial charge in [0.05, 0.1) is 12.6 Å². The highest BCUT2D eigenvalue weighted by Gasteiger charge is 2.29. The number of nitrogens with two attached hydrogens (primary N) is 3. The van der Waals surface area contributed by atoms with E-state index >= 15 is 0 Å². The Bertz CT molecular complexity index is 1150. The third-order valence-electron chi connectivity index (χ3n) is 5.64. The van der Waals surface area contributed by atoms with Crippen LogP contribution in [0.25, 0.3) is 10.9 Å². The van der Waals surface area contributed by atoms with Crippen molar-refractivity contribution >= 4 is 53.2 Å². The van der Waals surface area contributed by atoms with E-state index in [1.807, 2.05) is 24.3 Å². The molecule has 0 saturated heterocycles. The predicted octanol–water partition coefficient (Wildman–Crippen LogP) is -2.45. The van der Waals surface area contributed by atoms with Crippen molar-refractivity contribution in [2.45, 2.75) is 43.4 Å². The Labute approximate surface area is 224 Å². The Balaban J connectivity index is 2.05. The number of rotatable bonds is 15. The zero-order valence-electron chi connectivity index (χ0n) is 20.6. The van der Waals surface area contributed by atoms with Crippen molar-refractivity contribution in [3.8, 4) is 0 Å². The van der Waals surface area contributed by atoms with Gasteiger partial charge in [0.1, 0.15) is 18.1 Å². The monoisotopic (exact) mass is 550 g/mol. The molecule has 3 amide bonds. The molecule has 1 aromatic carbocycles. The number of amides is 3. The smallest absolute Gasteiger partial charge is 0.327 e. The van der Waals surface area contributed by atoms with Crippen LogP contribution in [-0.4, -0.2) is 87.9 Å². The van der Waals surface area contributed by atoms with E-state index in [-0.39, 0.29) is 37.5 Å². The van der Waals surface area contributed by atoms with Gasteiger partial charge in [0.15, 0.2) is 5.96 Å². The van der Waals surface area contributed by atoms with Crippen molar-refractivity contribution in [3.63, 3.8) is 0 Å². The van der Waals surface area contributed by atoms with Gasteiger partial charge in [-0.3, -0.25) is 19.4 Å². The second-order valence-corrected chi connectivity index (χ2v) is 8.87. The molecule has 38 heavy (non-hydrogen) atoms. The predicted molar refractivity (Wildman–Crippen MR) is 144 cm³/mol. The Kier molecular flexibility index (Phi) is 11.8. The minimum absolute atomic E-state index is 0.0411. The first-order valence-electron chi connectivity index (χ1n) is 11.8. The number of nitrogens with one attached hydrogen (secondary N) is 4. The van der Waals surface area contributed by atoms with Crippen LogP contribution in [0.3, 0.4) is 0 Å². The summed E-state index contributed by atoms with van der Waals surface area (Å²) in [7, 11) is 0. The zero-order valence-corrected chi connectivity index (χ0v) is 21.5. The highest BCUT2D eigenvalue weighted by molar-refractivity contribution is 7.80. The SMILES string of the molecule is NC(N)=NCCCC(NC(=O)C(CO)NC(=O)C(N)Cc1c[nH]c2ccccc12)C(=O)NC(CS)C(=O)O. The lowest BCUT2D eigenvalue weighted by atomic mass is 10.0. The zero-order chi connectivity index (χ0) is 28.2. The molecule has 0 aliphatic heterocycles. The number of guanidine groups is 1. The summed E-state index contributed by atoms with van der Waals surface area (Å²) in [5, 5.41) is 27.0. The molecule has 4 atom stereocenters. The van der Waals surface area contributed by atoms with Crippen LogP contribution in [0, 0.1) is 0 Å². The molecule has 208 valence electrons. The summed E-state index contributed by atoms with van der Waals surface area (Å²) < 4.78 is 0. The molecule has 12 N–H and O–H groups in total. The van der Waals surface area contributed by atoms with Crippen molar-refractivity contribution in [1.82, 2.24) is 20.9 Å². The topological polar surface area (TPSA) is 251 Å². The molecule has 0 bridgehead atoms. The van der Waals surface area contributed by atoms with E-state index < -0.39 is 54.5 Å². The number of carboxylic acids is 1. The fourth-order valence-electron chi connectivity index (χ4n) is 3.61. The normalized spacial score (nSPS) is 14.1. The van der Waals surface area contributed by atoms with Gasteiger partial charge in [-0.1, -0.05) is 18.2 Å². The number of aliphatic imine (C=N–C) groups is 1. The first kappa shape index (κ1) is 30.4. The van der Waals surface area contributed by atoms with E-state index in [0.29, 0.717) is 0 Å². The number of carbonyl (C=O) groups is 4. The quantitative estimate of drug-likeness (QED) is 0.0488. The summed E-state index contributed by atoms with van der Waals surface area (Å²) in [6.07, 6.45) is 2.22. The lowest BCUT2D eigenvalue weighted by molar-refractivity contribution is -0.141. The molecule has 0 radical (unpaired) electrons. The maximum atomic E-state index is 12.9. The van der Waals surface area contributed by atoms with Crippen LogP contribution in [0.15, 0.2) is 35.5 Å². The molecule has 2 aromatic rings. The first-order chi connectivity index (χ1) is 18.1. The van der Waals surface area contributed by atoms with Crippen molar-refractivity contribution in [1.29, 1.82) is 0 Å². The van der Waals surface area contributed by atoms with Gasteiger partial charge in [-0.2, -0.15) is 12.6 Å². The van der Waals surface area contributed by atoms with Gasteiger partial charge in [-0.15, -0.1) is 0 Å². The summed E-state index contributed by atoms with van der Waals surface area (Å²) in [5.41, 5.74) is 18.3. The molecule has 2 rings (SSSR count). The number of thiol groups is 1. The lowest BCUT2D eigenvalue weighted by Gasteiger charge is -2.24. The molecule has 15 heteroatoms. The van der Waals surface area contributed by atoms with Crippen LogP contribution < -0.4 is 33.2 Å². The van der Waals surface area contributed by atoms with Gasteiger partial charge in [0, 0.05) is 29.4 Å². The second-order valence-electron chi connectivity index (χ2n) is 8.51. The fraction of sp³-hybridized carbons (Fsp3) is 0.435. The second kappa shape index (κ2) is 14.8. The summed E-state index contributed by atoms with van der Waals surface area (Å²) in [6, 6.07) is 2.56. The van der Waals surface area contributed by atoms with E-state index in [4.69, 9.17) is 17.2 Å². The molecular weight excluding hydrogens is 516 g/mol. The fourth-order valence-corrected chi connectivity index (χ4v) is 3.85. The van der Waals surface area contributed by atoms with Crippen LogP contribution in [0.2, 0.25) is 0 Å². The maximum absolute atomic E-state index is 12.9. The number of aromatic nitrogens is 1. The van der Waals surface area contributed by atoms with Gasteiger partial charge in [0.25, 0.3) is 0 Å². The first-order valence-corrected chi connectivity index (χ1v) is 12.4. The van der Waals surface area contributed by atoms with Crippen molar-refractivity contribution in [2.24, 2.45) is 22.2 Å². The molecule has 1 heterocycles. The number of H-pyrrole nitrogens is 1. The number of nitrogens with zero attached hydrogens (tertiary/aromatic N) is 1. The minimum atomic E-state index is -1.41. The highest BCUT2D eigenvalue weighted by atomic mass is 32.1. The number of carboxylic acid groups (broad SMARTS) is 1. The Hall–Kier alpha value is -3.82. The lowest BCUT2D eigenvalue weighted by Crippen LogP contribution is -2.58. The number of hydrogen-bond acceptors (Lipinski definition) is 8. The standard InChI is InChI=1S/C23H34N8O6S/c24-14(8-12-9-28-15-5-2-1-4-13(12)15)19(33)30-17(10-32)21(35)29-16(6-3-7-27-23(25)26)20(34)31-18(11-38)22(36)37/h1-2,4-5,9,14,16-18,28,32,38H,3,6-8,10-11,24H2,(H,29,35)(H,30,33)(H,31,34)(H,36,37)(H4,25,26,27). The van der Waals surface area contributed by atoms with Gasteiger partial charge in [-0.05, 0) is 30.9 Å². The number of aliphatic hydroxyl groups is 1. The molecule has 1 aromatic heterocycles. The van der Waals surface area contributed by atoms with Crippen LogP contribution in [-0.2, 0) is 25.6 Å². The molecular formula is C23H34N8O6S. The number of carbonyl (C=O) groups excluding carboxylic acids is 3. The summed E-state index contributed by atoms with van der Waals surface area (Å²) in [4.78, 5) is 56.5. The average Bonchev–Trinajstić information content (AvgIpc) is 3.29. The van der Waals surface area contributed by atoms with Crippen LogP contribution in [0.1, 0.15) is 18.4 Å². The number of aliphatic hydroxyl groups excluding tert-OH is 1. The summed E-state index contributed by atoms with van der Waals surface area (Å²) in [6.45, 7) is -0.617. The van der Waals surface area contributed by atoms with Crippen LogP contribution in [0.5, 0.6) is 0 Å². The van der Waals surface area contributed by atoms with Crippen LogP contribution in [0.4, 0.5) is 0 Å². The van der Waals surface area contributed by atoms with Gasteiger partial charge in [-0.25, -0.2) is 4.79 Å².